The van der Waals surface area contributed by atoms with Crippen LogP contribution in [0.2, 0.25) is 0 Å². The summed E-state index contributed by atoms with van der Waals surface area (Å²) in [6, 6.07) is 4.65. The molecule has 27 heavy (non-hydrogen) atoms. The quantitative estimate of drug-likeness (QED) is 0.595. The van der Waals surface area contributed by atoms with E-state index in [0.29, 0.717) is 22.7 Å². The molecule has 0 spiro atoms. The van der Waals surface area contributed by atoms with Gasteiger partial charge in [-0.25, -0.2) is 4.79 Å². The second-order valence-electron chi connectivity index (χ2n) is 6.00. The molecule has 0 bridgehead atoms. The second-order valence-corrected chi connectivity index (χ2v) is 6.00. The molecule has 1 aromatic heterocycles. The monoisotopic (exact) mass is 373 g/mol. The number of hydrogen-bond acceptors (Lipinski definition) is 6. The zero-order chi connectivity index (χ0) is 20.1. The Morgan fingerprint density at radius 1 is 1.33 bits per heavy atom. The van der Waals surface area contributed by atoms with Crippen molar-refractivity contribution >= 4 is 23.6 Å². The van der Waals surface area contributed by atoms with Crippen LogP contribution in [0.25, 0.3) is 6.08 Å². The maximum Gasteiger partial charge on any atom is 0.331 e. The van der Waals surface area contributed by atoms with E-state index in [1.165, 1.54) is 32.3 Å². The van der Waals surface area contributed by atoms with Gasteiger partial charge >= 0.3 is 5.97 Å². The van der Waals surface area contributed by atoms with E-state index in [1.807, 2.05) is 6.92 Å². The predicted molar refractivity (Wildman–Crippen MR) is 101 cm³/mol. The molecule has 0 fully saturated rings. The summed E-state index contributed by atoms with van der Waals surface area (Å²) < 4.78 is 11.8. The van der Waals surface area contributed by atoms with Gasteiger partial charge in [-0.2, -0.15) is 5.10 Å². The molecule has 1 aromatic carbocycles. The van der Waals surface area contributed by atoms with Crippen molar-refractivity contribution in [3.8, 4) is 11.5 Å². The number of carbonyl (C=O) groups excluding carboxylic acids is 2. The molecule has 1 atom stereocenters. The maximum absolute atomic E-state index is 12.3. The van der Waals surface area contributed by atoms with E-state index >= 15 is 0 Å². The Hall–Kier alpha value is -3.29. The highest BCUT2D eigenvalue weighted by atomic mass is 16.5. The molecule has 1 amide bonds. The summed E-state index contributed by atoms with van der Waals surface area (Å²) in [5.74, 6) is -0.810. The molecule has 144 valence electrons. The normalized spacial score (nSPS) is 12.0. The summed E-state index contributed by atoms with van der Waals surface area (Å²) in [5, 5.41) is 16.5. The molecule has 1 heterocycles. The van der Waals surface area contributed by atoms with Gasteiger partial charge < -0.3 is 19.9 Å². The number of phenols is 1. The van der Waals surface area contributed by atoms with Gasteiger partial charge in [0.25, 0.3) is 5.91 Å². The van der Waals surface area contributed by atoms with Gasteiger partial charge in [0.15, 0.2) is 17.6 Å². The molecule has 0 saturated heterocycles. The van der Waals surface area contributed by atoms with Crippen LogP contribution in [0, 0.1) is 13.8 Å². The van der Waals surface area contributed by atoms with Crippen molar-refractivity contribution in [3.05, 3.63) is 41.2 Å². The van der Waals surface area contributed by atoms with Crippen LogP contribution >= 0.6 is 0 Å². The Morgan fingerprint density at radius 3 is 2.63 bits per heavy atom. The number of nitrogens with one attached hydrogen (secondary N) is 1. The zero-order valence-corrected chi connectivity index (χ0v) is 15.9. The number of amides is 1. The number of carbonyl (C=O) groups is 2. The van der Waals surface area contributed by atoms with Crippen molar-refractivity contribution in [3.63, 3.8) is 0 Å². The van der Waals surface area contributed by atoms with E-state index < -0.39 is 18.0 Å². The first kappa shape index (κ1) is 20.0. The number of ether oxygens (including phenoxy) is 2. The molecule has 2 aromatic rings. The predicted octanol–water partition coefficient (Wildman–Crippen LogP) is 2.33. The SMILES string of the molecule is COc1cc(/C=C/C(=O)O[C@H](C)C(=O)Nc2c(C)nn(C)c2C)ccc1O. The Morgan fingerprint density at radius 2 is 2.04 bits per heavy atom. The van der Waals surface area contributed by atoms with Crippen molar-refractivity contribution in [2.24, 2.45) is 7.05 Å². The maximum atomic E-state index is 12.3. The van der Waals surface area contributed by atoms with Crippen LogP contribution in [0.5, 0.6) is 11.5 Å². The minimum Gasteiger partial charge on any atom is -0.504 e. The van der Waals surface area contributed by atoms with Crippen molar-refractivity contribution in [1.82, 2.24) is 9.78 Å². The van der Waals surface area contributed by atoms with Crippen LogP contribution < -0.4 is 10.1 Å². The number of methoxy groups -OCH3 is 1. The summed E-state index contributed by atoms with van der Waals surface area (Å²) in [5.41, 5.74) is 2.74. The van der Waals surface area contributed by atoms with Crippen molar-refractivity contribution in [2.45, 2.75) is 26.9 Å². The van der Waals surface area contributed by atoms with Crippen molar-refractivity contribution < 1.29 is 24.2 Å². The third kappa shape index (κ3) is 4.87. The minimum absolute atomic E-state index is 0.00325. The van der Waals surface area contributed by atoms with Crippen molar-refractivity contribution in [2.75, 3.05) is 12.4 Å². The highest BCUT2D eigenvalue weighted by Gasteiger charge is 2.20. The van der Waals surface area contributed by atoms with E-state index in [1.54, 1.807) is 30.8 Å². The number of phenolic OH excluding ortho intramolecular Hbond substituents is 1. The molecule has 0 radical (unpaired) electrons. The lowest BCUT2D eigenvalue weighted by Gasteiger charge is -2.12. The van der Waals surface area contributed by atoms with Gasteiger partial charge in [0.1, 0.15) is 0 Å². The number of anilines is 1. The summed E-state index contributed by atoms with van der Waals surface area (Å²) >= 11 is 0. The third-order valence-electron chi connectivity index (χ3n) is 4.04. The molecule has 0 aliphatic rings. The lowest BCUT2D eigenvalue weighted by atomic mass is 10.2. The molecule has 0 aliphatic heterocycles. The lowest BCUT2D eigenvalue weighted by molar-refractivity contribution is -0.148. The van der Waals surface area contributed by atoms with Gasteiger partial charge in [-0.3, -0.25) is 9.48 Å². The van der Waals surface area contributed by atoms with Gasteiger partial charge in [0, 0.05) is 13.1 Å². The smallest absolute Gasteiger partial charge is 0.331 e. The number of rotatable bonds is 6. The van der Waals surface area contributed by atoms with Crippen LogP contribution in [0.4, 0.5) is 5.69 Å². The number of aryl methyl sites for hydroxylation is 2. The standard InChI is InChI=1S/C19H23N3O5/c1-11-18(12(2)22(4)21-11)20-19(25)13(3)27-17(24)9-7-14-6-8-15(23)16(10-14)26-5/h6-10,13,23H,1-5H3,(H,20,25)/b9-7+/t13-/m1/s1. The molecular weight excluding hydrogens is 350 g/mol. The van der Waals surface area contributed by atoms with E-state index in [2.05, 4.69) is 10.4 Å². The number of esters is 1. The minimum atomic E-state index is -0.976. The molecule has 0 unspecified atom stereocenters. The summed E-state index contributed by atoms with van der Waals surface area (Å²) in [4.78, 5) is 24.2. The van der Waals surface area contributed by atoms with Gasteiger partial charge in [-0.15, -0.1) is 0 Å². The molecule has 0 saturated carbocycles. The Balaban J connectivity index is 1.97. The van der Waals surface area contributed by atoms with E-state index in [4.69, 9.17) is 9.47 Å². The Labute approximate surface area is 157 Å². The highest BCUT2D eigenvalue weighted by molar-refractivity contribution is 5.97. The number of hydrogen-bond donors (Lipinski definition) is 2. The fourth-order valence-corrected chi connectivity index (χ4v) is 2.41. The van der Waals surface area contributed by atoms with Gasteiger partial charge in [-0.1, -0.05) is 6.07 Å². The average molecular weight is 373 g/mol. The van der Waals surface area contributed by atoms with Crippen molar-refractivity contribution in [1.29, 1.82) is 0 Å². The Kier molecular flexibility index (Phi) is 6.23. The fourth-order valence-electron chi connectivity index (χ4n) is 2.41. The largest absolute Gasteiger partial charge is 0.504 e. The van der Waals surface area contributed by atoms with Crippen LogP contribution in [-0.2, 0) is 21.4 Å². The van der Waals surface area contributed by atoms with E-state index in [-0.39, 0.29) is 5.75 Å². The number of aromatic hydroxyl groups is 1. The van der Waals surface area contributed by atoms with Crippen LogP contribution in [0.15, 0.2) is 24.3 Å². The van der Waals surface area contributed by atoms with Crippen LogP contribution in [-0.4, -0.2) is 40.0 Å². The lowest BCUT2D eigenvalue weighted by Crippen LogP contribution is -2.29. The molecule has 8 heteroatoms. The number of nitrogens with zero attached hydrogens (tertiary/aromatic N) is 2. The van der Waals surface area contributed by atoms with Gasteiger partial charge in [0.2, 0.25) is 0 Å². The number of aromatic nitrogens is 2. The summed E-state index contributed by atoms with van der Waals surface area (Å²) in [6.45, 7) is 5.11. The average Bonchev–Trinajstić information content (AvgIpc) is 2.87. The summed E-state index contributed by atoms with van der Waals surface area (Å²) in [7, 11) is 3.22. The first-order valence-electron chi connectivity index (χ1n) is 8.29. The van der Waals surface area contributed by atoms with Gasteiger partial charge in [-0.05, 0) is 44.5 Å². The fraction of sp³-hybridized carbons (Fsp3) is 0.316. The van der Waals surface area contributed by atoms with Crippen LogP contribution in [0.1, 0.15) is 23.9 Å². The number of benzene rings is 1. The van der Waals surface area contributed by atoms with E-state index in [0.717, 1.165) is 5.69 Å². The third-order valence-corrected chi connectivity index (χ3v) is 4.04. The topological polar surface area (TPSA) is 103 Å². The molecule has 2 N–H and O–H groups in total. The highest BCUT2D eigenvalue weighted by Crippen LogP contribution is 2.26. The first-order chi connectivity index (χ1) is 12.7. The molecule has 2 rings (SSSR count). The second kappa shape index (κ2) is 8.39. The molecule has 8 nitrogen and oxygen atoms in total. The summed E-state index contributed by atoms with van der Waals surface area (Å²) in [6.07, 6.45) is 1.73. The van der Waals surface area contributed by atoms with Gasteiger partial charge in [0.05, 0.1) is 24.2 Å². The molecular formula is C19H23N3O5. The van der Waals surface area contributed by atoms with Crippen LogP contribution in [0.3, 0.4) is 0 Å². The zero-order valence-electron chi connectivity index (χ0n) is 15.9. The molecule has 0 aliphatic carbocycles. The Bertz CT molecular complexity index is 886. The first-order valence-corrected chi connectivity index (χ1v) is 8.29. The van der Waals surface area contributed by atoms with E-state index in [9.17, 15) is 14.7 Å².